The van der Waals surface area contributed by atoms with E-state index < -0.39 is 0 Å². The fraction of sp³-hybridized carbons (Fsp3) is 0.333. The van der Waals surface area contributed by atoms with Crippen LogP contribution in [0.4, 0.5) is 5.69 Å². The van der Waals surface area contributed by atoms with E-state index in [9.17, 15) is 4.79 Å². The Hall–Kier alpha value is -2.96. The van der Waals surface area contributed by atoms with E-state index in [-0.39, 0.29) is 11.9 Å². The van der Waals surface area contributed by atoms with E-state index in [0.29, 0.717) is 6.54 Å². The van der Waals surface area contributed by atoms with Gasteiger partial charge in [0.05, 0.1) is 29.3 Å². The Morgan fingerprint density at radius 3 is 2.40 bits per heavy atom. The lowest BCUT2D eigenvalue weighted by atomic mass is 10.0. The molecule has 1 N–H and O–H groups in total. The fourth-order valence-electron chi connectivity index (χ4n) is 4.15. The maximum atomic E-state index is 13.0. The molecule has 2 heterocycles. The van der Waals surface area contributed by atoms with Crippen molar-refractivity contribution in [2.24, 2.45) is 0 Å². The minimum atomic E-state index is -0.000652. The first kappa shape index (κ1) is 20.3. The van der Waals surface area contributed by atoms with Gasteiger partial charge in [0.25, 0.3) is 0 Å². The molecule has 30 heavy (non-hydrogen) atoms. The summed E-state index contributed by atoms with van der Waals surface area (Å²) >= 11 is 0. The third-order valence-electron chi connectivity index (χ3n) is 5.78. The van der Waals surface area contributed by atoms with Gasteiger partial charge in [-0.2, -0.15) is 5.10 Å². The van der Waals surface area contributed by atoms with Crippen LogP contribution in [0.2, 0.25) is 0 Å². The number of rotatable bonds is 5. The number of aryl methyl sites for hydroxylation is 1. The lowest BCUT2D eigenvalue weighted by Crippen LogP contribution is -2.49. The van der Waals surface area contributed by atoms with Crippen molar-refractivity contribution in [1.82, 2.24) is 19.6 Å². The van der Waals surface area contributed by atoms with Crippen molar-refractivity contribution >= 4 is 11.6 Å². The van der Waals surface area contributed by atoms with Gasteiger partial charge >= 0.3 is 0 Å². The number of hydrogen-bond donors (Lipinski definition) is 1. The molecule has 6 nitrogen and oxygen atoms in total. The van der Waals surface area contributed by atoms with Crippen LogP contribution in [0.25, 0.3) is 5.69 Å². The Bertz CT molecular complexity index is 999. The van der Waals surface area contributed by atoms with Gasteiger partial charge in [-0.1, -0.05) is 48.5 Å². The highest BCUT2D eigenvalue weighted by Gasteiger charge is 2.28. The largest absolute Gasteiger partial charge is 0.322 e. The summed E-state index contributed by atoms with van der Waals surface area (Å²) in [6.07, 6.45) is 0. The summed E-state index contributed by atoms with van der Waals surface area (Å²) in [6.45, 7) is 7.03. The summed E-state index contributed by atoms with van der Waals surface area (Å²) < 4.78 is 1.88. The van der Waals surface area contributed by atoms with Crippen molar-refractivity contribution in [1.29, 1.82) is 0 Å². The average Bonchev–Trinajstić information content (AvgIpc) is 3.04. The van der Waals surface area contributed by atoms with Crippen molar-refractivity contribution in [3.63, 3.8) is 0 Å². The van der Waals surface area contributed by atoms with Gasteiger partial charge in [0.1, 0.15) is 0 Å². The van der Waals surface area contributed by atoms with E-state index in [4.69, 9.17) is 0 Å². The number of carbonyl (C=O) groups excluding carboxylic acids is 1. The van der Waals surface area contributed by atoms with Gasteiger partial charge in [-0.25, -0.2) is 4.68 Å². The van der Waals surface area contributed by atoms with Gasteiger partial charge in [0.2, 0.25) is 5.91 Å². The summed E-state index contributed by atoms with van der Waals surface area (Å²) in [5.41, 5.74) is 4.80. The first-order valence-corrected chi connectivity index (χ1v) is 10.4. The number of aromatic nitrogens is 2. The van der Waals surface area contributed by atoms with Crippen molar-refractivity contribution in [2.75, 3.05) is 38.5 Å². The van der Waals surface area contributed by atoms with E-state index in [0.717, 1.165) is 42.4 Å². The maximum Gasteiger partial charge on any atom is 0.238 e. The number of nitrogens with zero attached hydrogens (tertiary/aromatic N) is 4. The van der Waals surface area contributed by atoms with E-state index in [1.807, 2.05) is 54.9 Å². The third-order valence-corrected chi connectivity index (χ3v) is 5.78. The second-order valence-corrected chi connectivity index (χ2v) is 8.00. The van der Waals surface area contributed by atoms with Gasteiger partial charge in [0.15, 0.2) is 0 Å². The molecule has 1 fully saturated rings. The van der Waals surface area contributed by atoms with Crippen LogP contribution in [0.3, 0.4) is 0 Å². The smallest absolute Gasteiger partial charge is 0.238 e. The van der Waals surface area contributed by atoms with Gasteiger partial charge in [0, 0.05) is 25.7 Å². The number of carbonyl (C=O) groups is 1. The van der Waals surface area contributed by atoms with Crippen LogP contribution < -0.4 is 5.32 Å². The lowest BCUT2D eigenvalue weighted by Gasteiger charge is -2.39. The van der Waals surface area contributed by atoms with Crippen molar-refractivity contribution in [2.45, 2.75) is 19.9 Å². The number of para-hydroxylation sites is 1. The quantitative estimate of drug-likeness (QED) is 0.709. The molecule has 0 aliphatic carbocycles. The van der Waals surface area contributed by atoms with Crippen LogP contribution in [0.15, 0.2) is 60.7 Å². The zero-order valence-corrected chi connectivity index (χ0v) is 17.9. The Kier molecular flexibility index (Phi) is 5.97. The van der Waals surface area contributed by atoms with E-state index in [1.165, 1.54) is 5.56 Å². The molecular formula is C24H29N5O. The molecule has 0 radical (unpaired) electrons. The van der Waals surface area contributed by atoms with Crippen LogP contribution in [-0.4, -0.2) is 58.7 Å². The summed E-state index contributed by atoms with van der Waals surface area (Å²) in [4.78, 5) is 17.6. The highest BCUT2D eigenvalue weighted by molar-refractivity contribution is 5.93. The van der Waals surface area contributed by atoms with E-state index >= 15 is 0 Å². The molecule has 1 amide bonds. The molecule has 0 bridgehead atoms. The van der Waals surface area contributed by atoms with Crippen molar-refractivity contribution in [3.05, 3.63) is 77.6 Å². The summed E-state index contributed by atoms with van der Waals surface area (Å²) in [5.74, 6) is -0.000652. The molecule has 6 heteroatoms. The topological polar surface area (TPSA) is 53.4 Å². The van der Waals surface area contributed by atoms with Crippen LogP contribution >= 0.6 is 0 Å². The third kappa shape index (κ3) is 4.30. The van der Waals surface area contributed by atoms with Gasteiger partial charge in [-0.3, -0.25) is 9.69 Å². The second-order valence-electron chi connectivity index (χ2n) is 8.00. The number of piperazine rings is 1. The molecule has 1 aliphatic heterocycles. The zero-order valence-electron chi connectivity index (χ0n) is 17.9. The molecular weight excluding hydrogens is 374 g/mol. The molecule has 156 valence electrons. The summed E-state index contributed by atoms with van der Waals surface area (Å²) in [7, 11) is 2.14. The first-order valence-electron chi connectivity index (χ1n) is 10.4. The Morgan fingerprint density at radius 1 is 1.03 bits per heavy atom. The molecule has 4 rings (SSSR count). The summed E-state index contributed by atoms with van der Waals surface area (Å²) in [5, 5.41) is 7.76. The minimum absolute atomic E-state index is 0.000652. The standard InChI is InChI=1S/C24H29N5O/c1-18-24(19(2)29(26-18)21-12-8-5-9-13-21)25-23(30)17-28-15-14-27(3)16-22(28)20-10-6-4-7-11-20/h4-13,22H,14-17H2,1-3H3,(H,25,30). The lowest BCUT2D eigenvalue weighted by molar-refractivity contribution is -0.118. The monoisotopic (exact) mass is 403 g/mol. The van der Waals surface area contributed by atoms with Gasteiger partial charge in [-0.15, -0.1) is 0 Å². The number of amides is 1. The van der Waals surface area contributed by atoms with Crippen LogP contribution in [0, 0.1) is 13.8 Å². The minimum Gasteiger partial charge on any atom is -0.322 e. The Labute approximate surface area is 178 Å². The summed E-state index contributed by atoms with van der Waals surface area (Å²) in [6, 6.07) is 20.6. The highest BCUT2D eigenvalue weighted by Crippen LogP contribution is 2.26. The van der Waals surface area contributed by atoms with Gasteiger partial charge < -0.3 is 10.2 Å². The van der Waals surface area contributed by atoms with E-state index in [1.54, 1.807) is 0 Å². The molecule has 1 saturated heterocycles. The van der Waals surface area contributed by atoms with Crippen molar-refractivity contribution in [3.8, 4) is 5.69 Å². The number of anilines is 1. The first-order chi connectivity index (χ1) is 14.5. The SMILES string of the molecule is Cc1nn(-c2ccccc2)c(C)c1NC(=O)CN1CCN(C)CC1c1ccccc1. The average molecular weight is 404 g/mol. The molecule has 1 aromatic heterocycles. The van der Waals surface area contributed by atoms with Crippen molar-refractivity contribution < 1.29 is 4.79 Å². The van der Waals surface area contributed by atoms with Crippen LogP contribution in [0.1, 0.15) is 23.0 Å². The fourth-order valence-corrected chi connectivity index (χ4v) is 4.15. The molecule has 0 saturated carbocycles. The normalized spacial score (nSPS) is 17.8. The molecule has 1 atom stereocenters. The Balaban J connectivity index is 1.50. The second kappa shape index (κ2) is 8.81. The predicted octanol–water partition coefficient (Wildman–Crippen LogP) is 3.42. The molecule has 1 aliphatic rings. The maximum absolute atomic E-state index is 13.0. The number of likely N-dealkylation sites (N-methyl/N-ethyl adjacent to an activating group) is 1. The predicted molar refractivity (Wildman–Crippen MR) is 120 cm³/mol. The highest BCUT2D eigenvalue weighted by atomic mass is 16.2. The zero-order chi connectivity index (χ0) is 21.1. The molecule has 2 aromatic carbocycles. The van der Waals surface area contributed by atoms with E-state index in [2.05, 4.69) is 51.5 Å². The molecule has 3 aromatic rings. The number of hydrogen-bond acceptors (Lipinski definition) is 4. The molecule has 1 unspecified atom stereocenters. The van der Waals surface area contributed by atoms with Gasteiger partial charge in [-0.05, 0) is 38.6 Å². The molecule has 0 spiro atoms. The Morgan fingerprint density at radius 2 is 1.70 bits per heavy atom. The van der Waals surface area contributed by atoms with Crippen LogP contribution in [-0.2, 0) is 4.79 Å². The number of nitrogens with one attached hydrogen (secondary N) is 1. The van der Waals surface area contributed by atoms with Crippen LogP contribution in [0.5, 0.6) is 0 Å². The number of benzene rings is 2.